The van der Waals surface area contributed by atoms with Crippen LogP contribution in [0.3, 0.4) is 0 Å². The summed E-state index contributed by atoms with van der Waals surface area (Å²) in [4.78, 5) is 21.3. The van der Waals surface area contributed by atoms with Crippen LogP contribution in [0.1, 0.15) is 10.4 Å². The molecular weight excluding hydrogens is 349 g/mol. The Bertz CT molecular complexity index is 859. The number of nitrogens with one attached hydrogen (secondary N) is 1. The van der Waals surface area contributed by atoms with Crippen LogP contribution < -0.4 is 5.32 Å². The highest BCUT2D eigenvalue weighted by Gasteiger charge is 2.11. The van der Waals surface area contributed by atoms with Gasteiger partial charge in [-0.3, -0.25) is 9.78 Å². The first-order valence-corrected chi connectivity index (χ1v) is 8.11. The van der Waals surface area contributed by atoms with E-state index in [-0.39, 0.29) is 5.56 Å². The highest BCUT2D eigenvalue weighted by Crippen LogP contribution is 2.29. The van der Waals surface area contributed by atoms with Gasteiger partial charge in [-0.1, -0.05) is 23.4 Å². The summed E-state index contributed by atoms with van der Waals surface area (Å²) in [6.45, 7) is 0. The zero-order valence-electron chi connectivity index (χ0n) is 12.2. The fourth-order valence-corrected chi connectivity index (χ4v) is 2.83. The van der Waals surface area contributed by atoms with Gasteiger partial charge in [0.25, 0.3) is 5.91 Å². The number of aromatic nitrogens is 2. The summed E-state index contributed by atoms with van der Waals surface area (Å²) >= 11 is 6.96. The second-order valence-corrected chi connectivity index (χ2v) is 6.26. The van der Waals surface area contributed by atoms with Crippen LogP contribution in [-0.2, 0) is 0 Å². The topological polar surface area (TPSA) is 54.9 Å². The van der Waals surface area contributed by atoms with Gasteiger partial charge in [0.2, 0.25) is 0 Å². The normalized spacial score (nSPS) is 10.4. The average molecular weight is 360 g/mol. The summed E-state index contributed by atoms with van der Waals surface area (Å²) in [6.07, 6.45) is 4.72. The number of hydrogen-bond acceptors (Lipinski definition) is 4. The highest BCUT2D eigenvalue weighted by atomic mass is 35.5. The first-order chi connectivity index (χ1) is 11.6. The molecule has 1 N–H and O–H groups in total. The molecule has 0 aliphatic heterocycles. The predicted octanol–water partition coefficient (Wildman–Crippen LogP) is 4.67. The van der Waals surface area contributed by atoms with E-state index in [1.165, 1.54) is 24.0 Å². The number of hydrogen-bond donors (Lipinski definition) is 1. The molecule has 0 spiro atoms. The number of carbonyl (C=O) groups excluding carboxylic acids is 1. The van der Waals surface area contributed by atoms with Crippen LogP contribution in [-0.4, -0.2) is 15.9 Å². The fraction of sp³-hybridized carbons (Fsp3) is 0. The van der Waals surface area contributed by atoms with Crippen molar-refractivity contribution in [3.05, 3.63) is 77.6 Å². The van der Waals surface area contributed by atoms with Gasteiger partial charge >= 0.3 is 0 Å². The molecule has 0 unspecified atom stereocenters. The summed E-state index contributed by atoms with van der Waals surface area (Å²) in [7, 11) is 0. The molecular formula is C17H11ClFN3OS. The van der Waals surface area contributed by atoms with Crippen LogP contribution in [0.5, 0.6) is 0 Å². The number of nitrogens with zero attached hydrogens (tertiary/aromatic N) is 2. The molecule has 2 aromatic heterocycles. The SMILES string of the molecule is O=C(Nc1ccc(Cl)nc1)c1ccc(Sc2ccncc2)c(F)c1. The Balaban J connectivity index is 1.74. The van der Waals surface area contributed by atoms with Crippen LogP contribution in [0.15, 0.2) is 70.8 Å². The molecule has 0 saturated heterocycles. The lowest BCUT2D eigenvalue weighted by Gasteiger charge is -2.07. The van der Waals surface area contributed by atoms with E-state index in [4.69, 9.17) is 11.6 Å². The molecule has 3 aromatic rings. The maximum absolute atomic E-state index is 14.2. The van der Waals surface area contributed by atoms with E-state index >= 15 is 0 Å². The van der Waals surface area contributed by atoms with Gasteiger partial charge in [0.1, 0.15) is 11.0 Å². The Morgan fingerprint density at radius 3 is 2.58 bits per heavy atom. The lowest BCUT2D eigenvalue weighted by molar-refractivity contribution is 0.102. The van der Waals surface area contributed by atoms with Gasteiger partial charge in [-0.15, -0.1) is 0 Å². The predicted molar refractivity (Wildman–Crippen MR) is 92.0 cm³/mol. The molecule has 1 amide bonds. The Labute approximate surface area is 147 Å². The molecule has 4 nitrogen and oxygen atoms in total. The number of pyridine rings is 2. The summed E-state index contributed by atoms with van der Waals surface area (Å²) in [6, 6.07) is 11.1. The van der Waals surface area contributed by atoms with Crippen molar-refractivity contribution in [1.29, 1.82) is 0 Å². The van der Waals surface area contributed by atoms with Crippen LogP contribution >= 0.6 is 23.4 Å². The second-order valence-electron chi connectivity index (χ2n) is 4.75. The molecule has 0 aliphatic rings. The quantitative estimate of drug-likeness (QED) is 0.687. The Kier molecular flexibility index (Phi) is 5.08. The molecule has 24 heavy (non-hydrogen) atoms. The molecule has 120 valence electrons. The largest absolute Gasteiger partial charge is 0.321 e. The minimum atomic E-state index is -0.460. The highest BCUT2D eigenvalue weighted by molar-refractivity contribution is 7.99. The Morgan fingerprint density at radius 1 is 1.12 bits per heavy atom. The minimum Gasteiger partial charge on any atom is -0.321 e. The second kappa shape index (κ2) is 7.42. The molecule has 0 fully saturated rings. The zero-order chi connectivity index (χ0) is 16.9. The maximum Gasteiger partial charge on any atom is 0.255 e. The van der Waals surface area contributed by atoms with Gasteiger partial charge in [0.15, 0.2) is 0 Å². The third kappa shape index (κ3) is 4.10. The van der Waals surface area contributed by atoms with Crippen molar-refractivity contribution >= 4 is 35.0 Å². The van der Waals surface area contributed by atoms with E-state index in [1.807, 2.05) is 0 Å². The van der Waals surface area contributed by atoms with Crippen molar-refractivity contribution in [2.24, 2.45) is 0 Å². The molecule has 0 radical (unpaired) electrons. The summed E-state index contributed by atoms with van der Waals surface area (Å²) in [5, 5.41) is 2.97. The van der Waals surface area contributed by atoms with Crippen LogP contribution in [0, 0.1) is 5.82 Å². The number of rotatable bonds is 4. The minimum absolute atomic E-state index is 0.224. The van der Waals surface area contributed by atoms with Gasteiger partial charge in [-0.25, -0.2) is 9.37 Å². The number of amides is 1. The molecule has 0 saturated carbocycles. The maximum atomic E-state index is 14.2. The molecule has 7 heteroatoms. The van der Waals surface area contributed by atoms with Gasteiger partial charge in [0, 0.05) is 27.7 Å². The third-order valence-electron chi connectivity index (χ3n) is 3.06. The van der Waals surface area contributed by atoms with E-state index in [9.17, 15) is 9.18 Å². The number of benzene rings is 1. The van der Waals surface area contributed by atoms with E-state index in [2.05, 4.69) is 15.3 Å². The van der Waals surface area contributed by atoms with Gasteiger partial charge in [-0.05, 0) is 42.5 Å². The molecule has 0 aliphatic carbocycles. The van der Waals surface area contributed by atoms with Crippen molar-refractivity contribution in [3.8, 4) is 0 Å². The lowest BCUT2D eigenvalue weighted by Crippen LogP contribution is -2.12. The van der Waals surface area contributed by atoms with E-state index in [0.29, 0.717) is 15.7 Å². The van der Waals surface area contributed by atoms with Crippen molar-refractivity contribution in [3.63, 3.8) is 0 Å². The van der Waals surface area contributed by atoms with Crippen LogP contribution in [0.4, 0.5) is 10.1 Å². The smallest absolute Gasteiger partial charge is 0.255 e. The van der Waals surface area contributed by atoms with Crippen molar-refractivity contribution in [2.75, 3.05) is 5.32 Å². The summed E-state index contributed by atoms with van der Waals surface area (Å²) in [5.41, 5.74) is 0.710. The zero-order valence-corrected chi connectivity index (χ0v) is 13.8. The van der Waals surface area contributed by atoms with Crippen molar-refractivity contribution in [2.45, 2.75) is 9.79 Å². The van der Waals surface area contributed by atoms with E-state index in [0.717, 1.165) is 4.90 Å². The van der Waals surface area contributed by atoms with E-state index in [1.54, 1.807) is 48.8 Å². The van der Waals surface area contributed by atoms with Crippen LogP contribution in [0.2, 0.25) is 5.15 Å². The average Bonchev–Trinajstić information content (AvgIpc) is 2.59. The standard InChI is InChI=1S/C17H11ClFN3OS/c18-16-4-2-12(10-21-16)22-17(23)11-1-3-15(14(19)9-11)24-13-5-7-20-8-6-13/h1-10H,(H,22,23). The number of carbonyl (C=O) groups is 1. The molecule has 2 heterocycles. The Morgan fingerprint density at radius 2 is 1.92 bits per heavy atom. The molecule has 0 bridgehead atoms. The van der Waals surface area contributed by atoms with E-state index < -0.39 is 11.7 Å². The fourth-order valence-electron chi connectivity index (χ4n) is 1.91. The van der Waals surface area contributed by atoms with Gasteiger partial charge < -0.3 is 5.32 Å². The number of anilines is 1. The first kappa shape index (κ1) is 16.4. The molecule has 1 aromatic carbocycles. The van der Waals surface area contributed by atoms with Gasteiger partial charge in [-0.2, -0.15) is 0 Å². The monoisotopic (exact) mass is 359 g/mol. The molecule has 3 rings (SSSR count). The summed E-state index contributed by atoms with van der Waals surface area (Å²) in [5.74, 6) is -0.878. The lowest BCUT2D eigenvalue weighted by atomic mass is 10.2. The first-order valence-electron chi connectivity index (χ1n) is 6.92. The molecule has 0 atom stereocenters. The van der Waals surface area contributed by atoms with Crippen LogP contribution in [0.25, 0.3) is 0 Å². The van der Waals surface area contributed by atoms with Crippen molar-refractivity contribution in [1.82, 2.24) is 9.97 Å². The third-order valence-corrected chi connectivity index (χ3v) is 4.34. The Hall–Kier alpha value is -2.44. The number of halogens is 2. The van der Waals surface area contributed by atoms with Crippen molar-refractivity contribution < 1.29 is 9.18 Å². The summed E-state index contributed by atoms with van der Waals surface area (Å²) < 4.78 is 14.2. The van der Waals surface area contributed by atoms with Gasteiger partial charge in [0.05, 0.1) is 11.9 Å².